The minimum absolute atomic E-state index is 0.152. The molecule has 0 aliphatic carbocycles. The molecule has 0 radical (unpaired) electrons. The maximum Gasteiger partial charge on any atom is 0.337 e. The Bertz CT molecular complexity index is 541. The Morgan fingerprint density at radius 3 is 2.65 bits per heavy atom. The Labute approximate surface area is 117 Å². The highest BCUT2D eigenvalue weighted by atomic mass is 16.5. The van der Waals surface area contributed by atoms with Gasteiger partial charge in [0.05, 0.1) is 5.56 Å². The first-order valence-electron chi connectivity index (χ1n) is 6.32. The van der Waals surface area contributed by atoms with E-state index in [4.69, 9.17) is 9.84 Å². The predicted octanol–water partition coefficient (Wildman–Crippen LogP) is 1.95. The van der Waals surface area contributed by atoms with Gasteiger partial charge in [-0.3, -0.25) is 0 Å². The molecule has 0 unspecified atom stereocenters. The zero-order chi connectivity index (χ0) is 14.2. The molecule has 1 aromatic carbocycles. The molecule has 0 aliphatic heterocycles. The van der Waals surface area contributed by atoms with E-state index in [2.05, 4.69) is 22.4 Å². The van der Waals surface area contributed by atoms with Crippen LogP contribution >= 0.6 is 0 Å². The van der Waals surface area contributed by atoms with E-state index >= 15 is 0 Å². The molecule has 1 aromatic heterocycles. The van der Waals surface area contributed by atoms with Crippen molar-refractivity contribution in [1.29, 1.82) is 0 Å². The maximum atomic E-state index is 10.7. The summed E-state index contributed by atoms with van der Waals surface area (Å²) in [6, 6.07) is 13.1. The molecule has 0 amide bonds. The molecular formula is C15H16N2O3. The molecular weight excluding hydrogens is 256 g/mol. The molecule has 5 nitrogen and oxygen atoms in total. The normalized spacial score (nSPS) is 10.2. The van der Waals surface area contributed by atoms with E-state index in [-0.39, 0.29) is 5.56 Å². The highest BCUT2D eigenvalue weighted by Crippen LogP contribution is 2.07. The van der Waals surface area contributed by atoms with E-state index in [1.165, 1.54) is 17.8 Å². The predicted molar refractivity (Wildman–Crippen MR) is 74.8 cm³/mol. The number of nitrogens with zero attached hydrogens (tertiary/aromatic N) is 1. The number of carbonyl (C=O) groups is 1. The van der Waals surface area contributed by atoms with Crippen molar-refractivity contribution in [3.63, 3.8) is 0 Å². The summed E-state index contributed by atoms with van der Waals surface area (Å²) >= 11 is 0. The minimum atomic E-state index is -0.992. The van der Waals surface area contributed by atoms with Crippen molar-refractivity contribution in [3.05, 3.63) is 59.8 Å². The van der Waals surface area contributed by atoms with Crippen molar-refractivity contribution in [2.45, 2.75) is 6.54 Å². The van der Waals surface area contributed by atoms with Crippen LogP contribution in [-0.2, 0) is 6.54 Å². The van der Waals surface area contributed by atoms with Crippen molar-refractivity contribution >= 4 is 5.97 Å². The number of carboxylic acid groups (broad SMARTS) is 1. The Kier molecular flexibility index (Phi) is 5.08. The van der Waals surface area contributed by atoms with Crippen LogP contribution in [0.1, 0.15) is 15.9 Å². The lowest BCUT2D eigenvalue weighted by molar-refractivity contribution is 0.0696. The maximum absolute atomic E-state index is 10.7. The van der Waals surface area contributed by atoms with E-state index in [1.807, 2.05) is 18.2 Å². The standard InChI is InChI=1S/C15H16N2O3/c18-15(19)13-6-7-14(17-11-13)20-9-8-16-10-12-4-2-1-3-5-12/h1-7,11,16H,8-10H2,(H,18,19). The number of hydrogen-bond donors (Lipinski definition) is 2. The SMILES string of the molecule is O=C(O)c1ccc(OCCNCc2ccccc2)nc1. The number of benzene rings is 1. The number of pyridine rings is 1. The summed E-state index contributed by atoms with van der Waals surface area (Å²) in [4.78, 5) is 14.6. The highest BCUT2D eigenvalue weighted by Gasteiger charge is 2.03. The van der Waals surface area contributed by atoms with Gasteiger partial charge in [-0.2, -0.15) is 0 Å². The fourth-order valence-electron chi connectivity index (χ4n) is 1.65. The molecule has 2 rings (SSSR count). The van der Waals surface area contributed by atoms with Crippen molar-refractivity contribution < 1.29 is 14.6 Å². The van der Waals surface area contributed by atoms with Crippen LogP contribution < -0.4 is 10.1 Å². The van der Waals surface area contributed by atoms with Crippen LogP contribution in [0.15, 0.2) is 48.7 Å². The topological polar surface area (TPSA) is 71.5 Å². The molecule has 0 fully saturated rings. The van der Waals surface area contributed by atoms with Gasteiger partial charge in [-0.1, -0.05) is 30.3 Å². The van der Waals surface area contributed by atoms with Crippen molar-refractivity contribution in [3.8, 4) is 5.88 Å². The first-order chi connectivity index (χ1) is 9.75. The lowest BCUT2D eigenvalue weighted by atomic mass is 10.2. The Balaban J connectivity index is 1.67. The molecule has 0 atom stereocenters. The summed E-state index contributed by atoms with van der Waals surface area (Å²) in [5.41, 5.74) is 1.37. The fourth-order valence-corrected chi connectivity index (χ4v) is 1.65. The van der Waals surface area contributed by atoms with E-state index in [9.17, 15) is 4.79 Å². The summed E-state index contributed by atoms with van der Waals surface area (Å²) in [7, 11) is 0. The number of carboxylic acids is 1. The van der Waals surface area contributed by atoms with Gasteiger partial charge in [0.25, 0.3) is 0 Å². The van der Waals surface area contributed by atoms with Crippen LogP contribution in [0.2, 0.25) is 0 Å². The average molecular weight is 272 g/mol. The van der Waals surface area contributed by atoms with E-state index in [0.717, 1.165) is 6.54 Å². The molecule has 0 saturated carbocycles. The third kappa shape index (κ3) is 4.37. The molecule has 20 heavy (non-hydrogen) atoms. The first-order valence-corrected chi connectivity index (χ1v) is 6.32. The van der Waals surface area contributed by atoms with Crippen LogP contribution in [0.3, 0.4) is 0 Å². The van der Waals surface area contributed by atoms with Crippen molar-refractivity contribution in [2.75, 3.05) is 13.2 Å². The van der Waals surface area contributed by atoms with Gasteiger partial charge in [-0.25, -0.2) is 9.78 Å². The molecule has 0 aliphatic rings. The van der Waals surface area contributed by atoms with Gasteiger partial charge in [0.2, 0.25) is 5.88 Å². The molecule has 2 aromatic rings. The van der Waals surface area contributed by atoms with Crippen LogP contribution in [0.5, 0.6) is 5.88 Å². The van der Waals surface area contributed by atoms with Gasteiger partial charge >= 0.3 is 5.97 Å². The summed E-state index contributed by atoms with van der Waals surface area (Å²) in [6.07, 6.45) is 1.29. The molecule has 0 saturated heterocycles. The van der Waals surface area contributed by atoms with Crippen LogP contribution in [0.4, 0.5) is 0 Å². The second kappa shape index (κ2) is 7.25. The quantitative estimate of drug-likeness (QED) is 0.754. The van der Waals surface area contributed by atoms with Gasteiger partial charge < -0.3 is 15.2 Å². The van der Waals surface area contributed by atoms with Crippen LogP contribution in [-0.4, -0.2) is 29.2 Å². The second-order valence-corrected chi connectivity index (χ2v) is 4.20. The fraction of sp³-hybridized carbons (Fsp3) is 0.200. The highest BCUT2D eigenvalue weighted by molar-refractivity contribution is 5.87. The van der Waals surface area contributed by atoms with E-state index < -0.39 is 5.97 Å². The van der Waals surface area contributed by atoms with Gasteiger partial charge in [0.1, 0.15) is 6.61 Å². The molecule has 104 valence electrons. The largest absolute Gasteiger partial charge is 0.478 e. The summed E-state index contributed by atoms with van der Waals surface area (Å²) in [5, 5.41) is 12.0. The Morgan fingerprint density at radius 1 is 1.20 bits per heavy atom. The lowest BCUT2D eigenvalue weighted by Gasteiger charge is -2.07. The summed E-state index contributed by atoms with van der Waals surface area (Å²) in [6.45, 7) is 1.96. The third-order valence-corrected chi connectivity index (χ3v) is 2.68. The molecule has 1 heterocycles. The zero-order valence-corrected chi connectivity index (χ0v) is 11.0. The Morgan fingerprint density at radius 2 is 2.00 bits per heavy atom. The minimum Gasteiger partial charge on any atom is -0.478 e. The summed E-state index contributed by atoms with van der Waals surface area (Å²) in [5.74, 6) is -0.565. The zero-order valence-electron chi connectivity index (χ0n) is 11.0. The van der Waals surface area contributed by atoms with E-state index in [0.29, 0.717) is 19.0 Å². The third-order valence-electron chi connectivity index (χ3n) is 2.68. The van der Waals surface area contributed by atoms with Gasteiger partial charge in [0.15, 0.2) is 0 Å². The number of aromatic nitrogens is 1. The lowest BCUT2D eigenvalue weighted by Crippen LogP contribution is -2.20. The molecule has 5 heteroatoms. The van der Waals surface area contributed by atoms with E-state index in [1.54, 1.807) is 6.07 Å². The molecule has 0 spiro atoms. The Hall–Kier alpha value is -2.40. The monoisotopic (exact) mass is 272 g/mol. The van der Waals surface area contributed by atoms with Crippen molar-refractivity contribution in [2.24, 2.45) is 0 Å². The first kappa shape index (κ1) is 14.0. The summed E-state index contributed by atoms with van der Waals surface area (Å²) < 4.78 is 5.41. The number of aromatic carboxylic acids is 1. The van der Waals surface area contributed by atoms with Gasteiger partial charge in [-0.05, 0) is 11.6 Å². The number of ether oxygens (including phenoxy) is 1. The van der Waals surface area contributed by atoms with Crippen LogP contribution in [0.25, 0.3) is 0 Å². The van der Waals surface area contributed by atoms with Crippen LogP contribution in [0, 0.1) is 0 Å². The molecule has 2 N–H and O–H groups in total. The average Bonchev–Trinajstić information content (AvgIpc) is 2.48. The number of nitrogens with one attached hydrogen (secondary N) is 1. The van der Waals surface area contributed by atoms with Gasteiger partial charge in [-0.15, -0.1) is 0 Å². The second-order valence-electron chi connectivity index (χ2n) is 4.20. The number of hydrogen-bond acceptors (Lipinski definition) is 4. The smallest absolute Gasteiger partial charge is 0.337 e. The molecule has 0 bridgehead atoms. The number of rotatable bonds is 7. The van der Waals surface area contributed by atoms with Crippen molar-refractivity contribution in [1.82, 2.24) is 10.3 Å². The van der Waals surface area contributed by atoms with Gasteiger partial charge in [0, 0.05) is 25.4 Å².